The second kappa shape index (κ2) is 8.08. The first-order valence-electron chi connectivity index (χ1n) is 8.57. The SMILES string of the molecule is CN(CCCc1nccn1C)Cc1ccc([C@H]2CCCCO2)s1. The van der Waals surface area contributed by atoms with Gasteiger partial charge in [0.15, 0.2) is 0 Å². The molecule has 4 nitrogen and oxygen atoms in total. The number of aromatic nitrogens is 2. The molecule has 1 atom stereocenters. The third kappa shape index (κ3) is 4.66. The Kier molecular flexibility index (Phi) is 5.86. The lowest BCUT2D eigenvalue weighted by Crippen LogP contribution is -2.19. The molecule has 5 heteroatoms. The maximum absolute atomic E-state index is 5.89. The van der Waals surface area contributed by atoms with Crippen molar-refractivity contribution in [2.24, 2.45) is 7.05 Å². The van der Waals surface area contributed by atoms with Gasteiger partial charge < -0.3 is 14.2 Å². The Morgan fingerprint density at radius 2 is 2.30 bits per heavy atom. The second-order valence-electron chi connectivity index (χ2n) is 6.46. The van der Waals surface area contributed by atoms with Crippen molar-refractivity contribution in [3.8, 4) is 0 Å². The zero-order chi connectivity index (χ0) is 16.1. The largest absolute Gasteiger partial charge is 0.373 e. The summed E-state index contributed by atoms with van der Waals surface area (Å²) in [6.07, 6.45) is 10.1. The van der Waals surface area contributed by atoms with Gasteiger partial charge in [-0.1, -0.05) is 0 Å². The predicted molar refractivity (Wildman–Crippen MR) is 94.7 cm³/mol. The molecule has 0 unspecified atom stereocenters. The van der Waals surface area contributed by atoms with E-state index < -0.39 is 0 Å². The highest BCUT2D eigenvalue weighted by Gasteiger charge is 2.18. The lowest BCUT2D eigenvalue weighted by Gasteiger charge is -2.21. The average molecular weight is 334 g/mol. The van der Waals surface area contributed by atoms with E-state index in [1.54, 1.807) is 0 Å². The van der Waals surface area contributed by atoms with Crippen LogP contribution in [0.25, 0.3) is 0 Å². The third-order valence-electron chi connectivity index (χ3n) is 4.47. The minimum Gasteiger partial charge on any atom is -0.373 e. The molecule has 0 spiro atoms. The number of thiophene rings is 1. The van der Waals surface area contributed by atoms with Gasteiger partial charge in [0.05, 0.1) is 6.10 Å². The number of hydrogen-bond donors (Lipinski definition) is 0. The van der Waals surface area contributed by atoms with Crippen molar-refractivity contribution in [1.29, 1.82) is 0 Å². The van der Waals surface area contributed by atoms with Gasteiger partial charge in [-0.3, -0.25) is 0 Å². The van der Waals surface area contributed by atoms with Crippen molar-refractivity contribution in [1.82, 2.24) is 14.5 Å². The van der Waals surface area contributed by atoms with Crippen LogP contribution in [0.4, 0.5) is 0 Å². The van der Waals surface area contributed by atoms with Gasteiger partial charge in [0.2, 0.25) is 0 Å². The molecule has 2 aromatic rings. The fourth-order valence-electron chi connectivity index (χ4n) is 3.11. The van der Waals surface area contributed by atoms with Crippen molar-refractivity contribution < 1.29 is 4.74 Å². The van der Waals surface area contributed by atoms with Gasteiger partial charge in [0.25, 0.3) is 0 Å². The molecule has 1 fully saturated rings. The van der Waals surface area contributed by atoms with E-state index >= 15 is 0 Å². The summed E-state index contributed by atoms with van der Waals surface area (Å²) in [6, 6.07) is 4.53. The molecular formula is C18H27N3OS. The second-order valence-corrected chi connectivity index (χ2v) is 7.65. The molecule has 0 radical (unpaired) electrons. The minimum atomic E-state index is 0.344. The van der Waals surface area contributed by atoms with E-state index in [9.17, 15) is 0 Å². The molecule has 126 valence electrons. The van der Waals surface area contributed by atoms with Crippen molar-refractivity contribution in [3.05, 3.63) is 40.1 Å². The van der Waals surface area contributed by atoms with Crippen LogP contribution in [-0.2, 0) is 24.8 Å². The number of aryl methyl sites for hydroxylation is 2. The number of rotatable bonds is 7. The van der Waals surface area contributed by atoms with Crippen LogP contribution in [0.2, 0.25) is 0 Å². The van der Waals surface area contributed by atoms with Gasteiger partial charge >= 0.3 is 0 Å². The zero-order valence-corrected chi connectivity index (χ0v) is 15.0. The van der Waals surface area contributed by atoms with Crippen molar-refractivity contribution in [2.45, 2.75) is 44.8 Å². The summed E-state index contributed by atoms with van der Waals surface area (Å²) in [5, 5.41) is 0. The summed E-state index contributed by atoms with van der Waals surface area (Å²) in [5.41, 5.74) is 0. The summed E-state index contributed by atoms with van der Waals surface area (Å²) in [5.74, 6) is 1.17. The first-order valence-corrected chi connectivity index (χ1v) is 9.39. The molecule has 2 aromatic heterocycles. The number of imidazole rings is 1. The Hall–Kier alpha value is -1.17. The van der Waals surface area contributed by atoms with E-state index in [2.05, 4.69) is 40.7 Å². The summed E-state index contributed by atoms with van der Waals surface area (Å²) < 4.78 is 7.99. The molecule has 3 rings (SSSR count). The normalized spacial score (nSPS) is 18.7. The summed E-state index contributed by atoms with van der Waals surface area (Å²) in [6.45, 7) is 3.04. The standard InChI is InChI=1S/C18H27N3OS/c1-20(11-5-7-18-19-10-12-21(18)2)14-15-8-9-17(23-15)16-6-3-4-13-22-16/h8-10,12,16H,3-7,11,13-14H2,1-2H3/t16-/m1/s1. The molecule has 0 amide bonds. The quantitative estimate of drug-likeness (QED) is 0.772. The Morgan fingerprint density at radius 3 is 3.04 bits per heavy atom. The molecule has 1 saturated heterocycles. The minimum absolute atomic E-state index is 0.344. The van der Waals surface area contributed by atoms with Crippen LogP contribution in [0.15, 0.2) is 24.5 Å². The molecule has 1 aliphatic rings. The Labute approximate surface area is 143 Å². The van der Waals surface area contributed by atoms with Gasteiger partial charge in [0.1, 0.15) is 5.82 Å². The van der Waals surface area contributed by atoms with E-state index in [-0.39, 0.29) is 0 Å². The summed E-state index contributed by atoms with van der Waals surface area (Å²) in [4.78, 5) is 9.63. The monoisotopic (exact) mass is 333 g/mol. The van der Waals surface area contributed by atoms with E-state index in [4.69, 9.17) is 4.74 Å². The van der Waals surface area contributed by atoms with Crippen LogP contribution in [0, 0.1) is 0 Å². The van der Waals surface area contributed by atoms with Crippen LogP contribution >= 0.6 is 11.3 Å². The summed E-state index contributed by atoms with van der Waals surface area (Å²) in [7, 11) is 4.27. The predicted octanol–water partition coefficient (Wildman–Crippen LogP) is 3.79. The maximum Gasteiger partial charge on any atom is 0.108 e. The first kappa shape index (κ1) is 16.7. The van der Waals surface area contributed by atoms with Crippen molar-refractivity contribution in [3.63, 3.8) is 0 Å². The Balaban J connectivity index is 1.43. The van der Waals surface area contributed by atoms with Crippen molar-refractivity contribution in [2.75, 3.05) is 20.2 Å². The molecule has 1 aliphatic heterocycles. The first-order chi connectivity index (χ1) is 11.2. The molecule has 0 aromatic carbocycles. The highest BCUT2D eigenvalue weighted by Crippen LogP contribution is 2.32. The Bertz CT molecular complexity index is 601. The van der Waals surface area contributed by atoms with E-state index in [1.807, 2.05) is 23.7 Å². The van der Waals surface area contributed by atoms with E-state index in [0.29, 0.717) is 6.10 Å². The maximum atomic E-state index is 5.89. The number of hydrogen-bond acceptors (Lipinski definition) is 4. The fraction of sp³-hybridized carbons (Fsp3) is 0.611. The molecule has 0 aliphatic carbocycles. The van der Waals surface area contributed by atoms with Crippen LogP contribution in [0.5, 0.6) is 0 Å². The number of nitrogens with zero attached hydrogens (tertiary/aromatic N) is 3. The van der Waals surface area contributed by atoms with Crippen LogP contribution in [0.1, 0.15) is 47.4 Å². The van der Waals surface area contributed by atoms with E-state index in [1.165, 1.54) is 34.8 Å². The summed E-state index contributed by atoms with van der Waals surface area (Å²) >= 11 is 1.92. The smallest absolute Gasteiger partial charge is 0.108 e. The topological polar surface area (TPSA) is 30.3 Å². The molecular weight excluding hydrogens is 306 g/mol. The molecule has 0 bridgehead atoms. The molecule has 3 heterocycles. The van der Waals surface area contributed by atoms with Crippen LogP contribution in [-0.4, -0.2) is 34.7 Å². The van der Waals surface area contributed by atoms with Gasteiger partial charge in [-0.15, -0.1) is 11.3 Å². The van der Waals surface area contributed by atoms with Gasteiger partial charge in [-0.25, -0.2) is 4.98 Å². The molecule has 23 heavy (non-hydrogen) atoms. The van der Waals surface area contributed by atoms with Gasteiger partial charge in [-0.2, -0.15) is 0 Å². The highest BCUT2D eigenvalue weighted by atomic mass is 32.1. The average Bonchev–Trinajstić information content (AvgIpc) is 3.18. The Morgan fingerprint density at radius 1 is 1.39 bits per heavy atom. The van der Waals surface area contributed by atoms with Crippen LogP contribution < -0.4 is 0 Å². The zero-order valence-electron chi connectivity index (χ0n) is 14.2. The lowest BCUT2D eigenvalue weighted by atomic mass is 10.1. The molecule has 0 saturated carbocycles. The fourth-order valence-corrected chi connectivity index (χ4v) is 4.28. The molecule has 0 N–H and O–H groups in total. The number of ether oxygens (including phenoxy) is 1. The van der Waals surface area contributed by atoms with E-state index in [0.717, 1.165) is 32.5 Å². The lowest BCUT2D eigenvalue weighted by molar-refractivity contribution is 0.0172. The van der Waals surface area contributed by atoms with Crippen LogP contribution in [0.3, 0.4) is 0 Å². The third-order valence-corrected chi connectivity index (χ3v) is 5.63. The van der Waals surface area contributed by atoms with Crippen molar-refractivity contribution >= 4 is 11.3 Å². The van der Waals surface area contributed by atoms with Gasteiger partial charge in [0, 0.05) is 48.8 Å². The highest BCUT2D eigenvalue weighted by molar-refractivity contribution is 7.12. The van der Waals surface area contributed by atoms with Gasteiger partial charge in [-0.05, 0) is 51.4 Å².